The number of sulfonamides is 1. The SMILES string of the molecule is COC(=NC1CCCCC1)NS(=O)(=O)c1ccc(CCNC(=O)n2cc3ncccc3c2O)cc1. The van der Waals surface area contributed by atoms with Gasteiger partial charge >= 0.3 is 6.03 Å². The van der Waals surface area contributed by atoms with Gasteiger partial charge in [-0.05, 0) is 49.1 Å². The topological polar surface area (TPSA) is 135 Å². The normalized spacial score (nSPS) is 15.2. The molecule has 0 radical (unpaired) electrons. The monoisotopic (exact) mass is 499 g/mol. The molecule has 3 aromatic rings. The van der Waals surface area contributed by atoms with Gasteiger partial charge in [-0.25, -0.2) is 27.5 Å². The van der Waals surface area contributed by atoms with Gasteiger partial charge in [0.25, 0.3) is 16.0 Å². The molecule has 0 bridgehead atoms. The Morgan fingerprint density at radius 2 is 1.94 bits per heavy atom. The first-order valence-electron chi connectivity index (χ1n) is 11.5. The van der Waals surface area contributed by atoms with Crippen LogP contribution in [0.3, 0.4) is 0 Å². The molecular formula is C24H29N5O5S. The van der Waals surface area contributed by atoms with Crippen LogP contribution in [0.2, 0.25) is 0 Å². The number of ether oxygens (including phenoxy) is 1. The van der Waals surface area contributed by atoms with Crippen molar-refractivity contribution < 1.29 is 23.1 Å². The maximum atomic E-state index is 12.8. The van der Waals surface area contributed by atoms with Crippen LogP contribution in [0.1, 0.15) is 37.7 Å². The molecule has 11 heteroatoms. The van der Waals surface area contributed by atoms with Crippen molar-refractivity contribution in [3.63, 3.8) is 0 Å². The van der Waals surface area contributed by atoms with E-state index in [9.17, 15) is 18.3 Å². The third-order valence-corrected chi connectivity index (χ3v) is 7.33. The number of aromatic hydroxyl groups is 1. The smallest absolute Gasteiger partial charge is 0.328 e. The van der Waals surface area contributed by atoms with E-state index in [1.54, 1.807) is 30.5 Å². The molecule has 3 N–H and O–H groups in total. The van der Waals surface area contributed by atoms with Crippen LogP contribution in [-0.2, 0) is 21.2 Å². The number of aliphatic imine (C=N–C) groups is 1. The molecule has 1 fully saturated rings. The summed E-state index contributed by atoms with van der Waals surface area (Å²) >= 11 is 0. The Morgan fingerprint density at radius 3 is 2.63 bits per heavy atom. The molecule has 1 amide bonds. The Labute approximate surface area is 204 Å². The molecule has 1 saturated carbocycles. The molecule has 186 valence electrons. The van der Waals surface area contributed by atoms with Crippen molar-refractivity contribution in [2.75, 3.05) is 13.7 Å². The average Bonchev–Trinajstić information content (AvgIpc) is 3.21. The van der Waals surface area contributed by atoms with E-state index in [-0.39, 0.29) is 22.8 Å². The molecule has 0 atom stereocenters. The number of amidine groups is 1. The summed E-state index contributed by atoms with van der Waals surface area (Å²) in [5.41, 5.74) is 1.36. The van der Waals surface area contributed by atoms with E-state index < -0.39 is 16.1 Å². The van der Waals surface area contributed by atoms with Crippen LogP contribution < -0.4 is 10.0 Å². The summed E-state index contributed by atoms with van der Waals surface area (Å²) in [6, 6.07) is 9.35. The first-order valence-corrected chi connectivity index (χ1v) is 13.0. The van der Waals surface area contributed by atoms with E-state index in [1.807, 2.05) is 0 Å². The van der Waals surface area contributed by atoms with Gasteiger partial charge in [-0.3, -0.25) is 4.98 Å². The third-order valence-electron chi connectivity index (χ3n) is 5.99. The van der Waals surface area contributed by atoms with Crippen molar-refractivity contribution in [3.8, 4) is 5.88 Å². The van der Waals surface area contributed by atoms with Gasteiger partial charge in [-0.1, -0.05) is 31.4 Å². The highest BCUT2D eigenvalue weighted by molar-refractivity contribution is 7.90. The summed E-state index contributed by atoms with van der Waals surface area (Å²) in [4.78, 5) is 21.1. The van der Waals surface area contributed by atoms with Gasteiger partial charge in [-0.2, -0.15) is 0 Å². The maximum Gasteiger partial charge on any atom is 0.328 e. The fourth-order valence-corrected chi connectivity index (χ4v) is 5.06. The van der Waals surface area contributed by atoms with Crippen molar-refractivity contribution in [3.05, 3.63) is 54.4 Å². The number of aromatic nitrogens is 2. The average molecular weight is 500 g/mol. The zero-order valence-electron chi connectivity index (χ0n) is 19.5. The molecule has 4 rings (SSSR count). The number of carbonyl (C=O) groups excluding carboxylic acids is 1. The first kappa shape index (κ1) is 24.5. The summed E-state index contributed by atoms with van der Waals surface area (Å²) in [5, 5.41) is 13.5. The van der Waals surface area contributed by atoms with E-state index >= 15 is 0 Å². The number of nitrogens with zero attached hydrogens (tertiary/aromatic N) is 3. The zero-order valence-corrected chi connectivity index (χ0v) is 20.3. The molecule has 1 aliphatic rings. The van der Waals surface area contributed by atoms with Gasteiger partial charge in [-0.15, -0.1) is 0 Å². The Kier molecular flexibility index (Phi) is 7.54. The number of carbonyl (C=O) groups is 1. The summed E-state index contributed by atoms with van der Waals surface area (Å²) in [6.07, 6.45) is 8.74. The van der Waals surface area contributed by atoms with Crippen LogP contribution in [0.25, 0.3) is 10.9 Å². The standard InChI is InChI=1S/C24H29N5O5S/c1-34-23(27-18-6-3-2-4-7-18)28-35(32,33)19-11-9-17(10-12-19)13-15-26-24(31)29-16-21-20(22(29)30)8-5-14-25-21/h5,8-12,14,16,18,30H,2-4,6-7,13,15H2,1H3,(H,26,31)(H,27,28). The van der Waals surface area contributed by atoms with Gasteiger partial charge in [0.15, 0.2) is 0 Å². The lowest BCUT2D eigenvalue weighted by molar-refractivity contribution is 0.240. The quantitative estimate of drug-likeness (QED) is 0.352. The van der Waals surface area contributed by atoms with Crippen LogP contribution in [-0.4, -0.2) is 54.8 Å². The predicted molar refractivity (Wildman–Crippen MR) is 132 cm³/mol. The minimum atomic E-state index is -3.84. The van der Waals surface area contributed by atoms with Crippen LogP contribution in [0.4, 0.5) is 4.79 Å². The summed E-state index contributed by atoms with van der Waals surface area (Å²) < 4.78 is 34.2. The number of benzene rings is 1. The van der Waals surface area contributed by atoms with Crippen molar-refractivity contribution in [1.29, 1.82) is 0 Å². The highest BCUT2D eigenvalue weighted by Crippen LogP contribution is 2.24. The van der Waals surface area contributed by atoms with Crippen LogP contribution in [0, 0.1) is 0 Å². The zero-order chi connectivity index (χ0) is 24.8. The van der Waals surface area contributed by atoms with Gasteiger partial charge < -0.3 is 15.2 Å². The molecule has 10 nitrogen and oxygen atoms in total. The number of nitrogens with one attached hydrogen (secondary N) is 2. The van der Waals surface area contributed by atoms with Crippen molar-refractivity contribution >= 4 is 33.0 Å². The van der Waals surface area contributed by atoms with Crippen molar-refractivity contribution in [1.82, 2.24) is 19.6 Å². The highest BCUT2D eigenvalue weighted by atomic mass is 32.2. The fourth-order valence-electron chi connectivity index (χ4n) is 4.08. The molecule has 0 unspecified atom stereocenters. The minimum Gasteiger partial charge on any atom is -0.494 e. The van der Waals surface area contributed by atoms with Crippen molar-refractivity contribution in [2.24, 2.45) is 4.99 Å². The molecular weight excluding hydrogens is 470 g/mol. The van der Waals surface area contributed by atoms with Gasteiger partial charge in [0.2, 0.25) is 5.88 Å². The van der Waals surface area contributed by atoms with Crippen LogP contribution in [0.5, 0.6) is 5.88 Å². The molecule has 0 aliphatic heterocycles. The van der Waals surface area contributed by atoms with Crippen LogP contribution in [0.15, 0.2) is 58.7 Å². The Bertz CT molecular complexity index is 1310. The second-order valence-electron chi connectivity index (χ2n) is 8.42. The van der Waals surface area contributed by atoms with E-state index in [0.29, 0.717) is 23.9 Å². The summed E-state index contributed by atoms with van der Waals surface area (Å²) in [5.74, 6) is -0.171. The lowest BCUT2D eigenvalue weighted by Crippen LogP contribution is -2.33. The molecule has 2 aromatic heterocycles. The summed E-state index contributed by atoms with van der Waals surface area (Å²) in [7, 11) is -2.44. The highest BCUT2D eigenvalue weighted by Gasteiger charge is 2.20. The second kappa shape index (κ2) is 10.8. The number of methoxy groups -OCH3 is 1. The van der Waals surface area contributed by atoms with Gasteiger partial charge in [0.05, 0.1) is 29.0 Å². The van der Waals surface area contributed by atoms with Gasteiger partial charge in [0, 0.05) is 18.9 Å². The minimum absolute atomic E-state index is 0.000172. The Hall–Kier alpha value is -3.60. The van der Waals surface area contributed by atoms with E-state index in [0.717, 1.165) is 35.8 Å². The number of pyridine rings is 1. The Balaban J connectivity index is 1.33. The summed E-state index contributed by atoms with van der Waals surface area (Å²) in [6.45, 7) is 0.298. The largest absolute Gasteiger partial charge is 0.494 e. The number of rotatable bonds is 6. The van der Waals surface area contributed by atoms with E-state index in [4.69, 9.17) is 4.74 Å². The molecule has 1 aromatic carbocycles. The lowest BCUT2D eigenvalue weighted by atomic mass is 9.96. The van der Waals surface area contributed by atoms with Gasteiger partial charge in [0.1, 0.15) is 0 Å². The predicted octanol–water partition coefficient (Wildman–Crippen LogP) is 3.16. The molecule has 0 saturated heterocycles. The number of fused-ring (bicyclic) bond motifs is 1. The third kappa shape index (κ3) is 5.91. The van der Waals surface area contributed by atoms with Crippen molar-refractivity contribution in [2.45, 2.75) is 49.5 Å². The molecule has 1 aliphatic carbocycles. The Morgan fingerprint density at radius 1 is 1.20 bits per heavy atom. The number of hydrogen-bond donors (Lipinski definition) is 3. The number of amides is 1. The van der Waals surface area contributed by atoms with Crippen LogP contribution >= 0.6 is 0 Å². The molecule has 2 heterocycles. The second-order valence-corrected chi connectivity index (χ2v) is 10.1. The molecule has 0 spiro atoms. The fraction of sp³-hybridized carbons (Fsp3) is 0.375. The first-order chi connectivity index (χ1) is 16.9. The maximum absolute atomic E-state index is 12.8. The lowest BCUT2D eigenvalue weighted by Gasteiger charge is -2.19. The molecule has 35 heavy (non-hydrogen) atoms. The van der Waals surface area contributed by atoms with E-state index in [1.165, 1.54) is 31.9 Å². The number of hydrogen-bond acceptors (Lipinski definition) is 7. The van der Waals surface area contributed by atoms with E-state index in [2.05, 4.69) is 20.0 Å².